The third-order valence-electron chi connectivity index (χ3n) is 2.62. The SMILES string of the molecule is Cc1ccc(OCc2cc(Br)cs2)c(CCN)c1. The van der Waals surface area contributed by atoms with Crippen LogP contribution in [-0.2, 0) is 13.0 Å². The van der Waals surface area contributed by atoms with Crippen molar-refractivity contribution >= 4 is 27.3 Å². The third kappa shape index (κ3) is 3.57. The van der Waals surface area contributed by atoms with Gasteiger partial charge in [0.1, 0.15) is 12.4 Å². The van der Waals surface area contributed by atoms with E-state index in [0.29, 0.717) is 13.2 Å². The van der Waals surface area contributed by atoms with Crippen molar-refractivity contribution in [2.75, 3.05) is 6.54 Å². The Morgan fingerprint density at radius 3 is 2.83 bits per heavy atom. The maximum atomic E-state index is 5.88. The summed E-state index contributed by atoms with van der Waals surface area (Å²) in [6, 6.07) is 8.33. The quantitative estimate of drug-likeness (QED) is 0.904. The first-order valence-corrected chi connectivity index (χ1v) is 7.51. The maximum Gasteiger partial charge on any atom is 0.123 e. The summed E-state index contributed by atoms with van der Waals surface area (Å²) in [6.45, 7) is 3.33. The number of aryl methyl sites for hydroxylation is 1. The van der Waals surface area contributed by atoms with Gasteiger partial charge in [0.2, 0.25) is 0 Å². The number of halogens is 1. The normalized spacial score (nSPS) is 10.6. The maximum absolute atomic E-state index is 5.88. The van der Waals surface area contributed by atoms with Gasteiger partial charge in [-0.1, -0.05) is 17.7 Å². The summed E-state index contributed by atoms with van der Waals surface area (Å²) in [4.78, 5) is 1.21. The molecule has 2 aromatic rings. The molecule has 0 radical (unpaired) electrons. The second kappa shape index (κ2) is 6.36. The molecule has 2 nitrogen and oxygen atoms in total. The highest BCUT2D eigenvalue weighted by molar-refractivity contribution is 9.10. The van der Waals surface area contributed by atoms with E-state index in [1.54, 1.807) is 11.3 Å². The molecule has 0 atom stereocenters. The number of benzene rings is 1. The largest absolute Gasteiger partial charge is 0.488 e. The van der Waals surface area contributed by atoms with Crippen molar-refractivity contribution in [1.29, 1.82) is 0 Å². The zero-order valence-electron chi connectivity index (χ0n) is 10.3. The van der Waals surface area contributed by atoms with E-state index in [9.17, 15) is 0 Å². The Hall–Kier alpha value is -0.840. The van der Waals surface area contributed by atoms with Gasteiger partial charge in [0.05, 0.1) is 0 Å². The molecule has 0 aliphatic carbocycles. The fraction of sp³-hybridized carbons (Fsp3) is 0.286. The van der Waals surface area contributed by atoms with Gasteiger partial charge in [-0.3, -0.25) is 0 Å². The van der Waals surface area contributed by atoms with Crippen molar-refractivity contribution in [1.82, 2.24) is 0 Å². The summed E-state index contributed by atoms with van der Waals surface area (Å²) >= 11 is 5.14. The van der Waals surface area contributed by atoms with Crippen molar-refractivity contribution in [2.45, 2.75) is 20.0 Å². The van der Waals surface area contributed by atoms with Crippen LogP contribution in [0.2, 0.25) is 0 Å². The molecule has 0 aliphatic rings. The average molecular weight is 326 g/mol. The summed E-state index contributed by atoms with van der Waals surface area (Å²) in [5.74, 6) is 0.940. The molecule has 0 saturated carbocycles. The average Bonchev–Trinajstić information content (AvgIpc) is 2.75. The molecule has 2 rings (SSSR count). The lowest BCUT2D eigenvalue weighted by Gasteiger charge is -2.11. The second-order valence-electron chi connectivity index (χ2n) is 4.17. The van der Waals surface area contributed by atoms with Crippen molar-refractivity contribution in [2.24, 2.45) is 5.73 Å². The van der Waals surface area contributed by atoms with Crippen LogP contribution in [0.4, 0.5) is 0 Å². The van der Waals surface area contributed by atoms with Crippen LogP contribution in [0.5, 0.6) is 5.75 Å². The van der Waals surface area contributed by atoms with Crippen LogP contribution >= 0.6 is 27.3 Å². The van der Waals surface area contributed by atoms with Gasteiger partial charge < -0.3 is 10.5 Å². The smallest absolute Gasteiger partial charge is 0.123 e. The minimum Gasteiger partial charge on any atom is -0.488 e. The van der Waals surface area contributed by atoms with E-state index in [1.807, 2.05) is 6.07 Å². The molecule has 96 valence electrons. The van der Waals surface area contributed by atoms with E-state index in [4.69, 9.17) is 10.5 Å². The summed E-state index contributed by atoms with van der Waals surface area (Å²) in [7, 11) is 0. The molecular formula is C14H16BrNOS. The molecule has 0 aliphatic heterocycles. The van der Waals surface area contributed by atoms with Crippen LogP contribution in [-0.4, -0.2) is 6.54 Å². The standard InChI is InChI=1S/C14H16BrNOS/c1-10-2-3-14(11(6-10)4-5-16)17-8-13-7-12(15)9-18-13/h2-3,6-7,9H,4-5,8,16H2,1H3. The van der Waals surface area contributed by atoms with Gasteiger partial charge >= 0.3 is 0 Å². The van der Waals surface area contributed by atoms with E-state index >= 15 is 0 Å². The molecule has 0 fully saturated rings. The Balaban J connectivity index is 2.08. The zero-order chi connectivity index (χ0) is 13.0. The van der Waals surface area contributed by atoms with E-state index in [1.165, 1.54) is 16.0 Å². The minimum absolute atomic E-state index is 0.608. The van der Waals surface area contributed by atoms with Crippen LogP contribution in [0.15, 0.2) is 34.1 Å². The lowest BCUT2D eigenvalue weighted by Crippen LogP contribution is -2.05. The first kappa shape index (κ1) is 13.6. The van der Waals surface area contributed by atoms with Gasteiger partial charge in [-0.15, -0.1) is 11.3 Å². The minimum atomic E-state index is 0.608. The van der Waals surface area contributed by atoms with Gasteiger partial charge in [0, 0.05) is 14.7 Å². The Kier molecular flexibility index (Phi) is 4.80. The molecule has 0 saturated heterocycles. The fourth-order valence-corrected chi connectivity index (χ4v) is 3.14. The molecular weight excluding hydrogens is 310 g/mol. The number of rotatable bonds is 5. The monoisotopic (exact) mass is 325 g/mol. The van der Waals surface area contributed by atoms with Crippen molar-refractivity contribution in [3.63, 3.8) is 0 Å². The molecule has 1 heterocycles. The molecule has 2 N–H and O–H groups in total. The molecule has 0 spiro atoms. The zero-order valence-corrected chi connectivity index (χ0v) is 12.7. The Labute approximate surface area is 120 Å². The van der Waals surface area contributed by atoms with Crippen LogP contribution in [0.1, 0.15) is 16.0 Å². The van der Waals surface area contributed by atoms with E-state index in [2.05, 4.69) is 46.4 Å². The van der Waals surface area contributed by atoms with E-state index in [0.717, 1.165) is 16.6 Å². The molecule has 18 heavy (non-hydrogen) atoms. The van der Waals surface area contributed by atoms with Crippen molar-refractivity contribution in [3.8, 4) is 5.75 Å². The van der Waals surface area contributed by atoms with E-state index < -0.39 is 0 Å². The molecule has 1 aromatic carbocycles. The predicted molar refractivity (Wildman–Crippen MR) is 80.3 cm³/mol. The van der Waals surface area contributed by atoms with Crippen LogP contribution in [0.25, 0.3) is 0 Å². The highest BCUT2D eigenvalue weighted by Gasteiger charge is 2.05. The summed E-state index contributed by atoms with van der Waals surface area (Å²) in [5, 5.41) is 2.06. The lowest BCUT2D eigenvalue weighted by atomic mass is 10.1. The first-order chi connectivity index (χ1) is 8.69. The fourth-order valence-electron chi connectivity index (χ4n) is 1.78. The van der Waals surface area contributed by atoms with Crippen LogP contribution < -0.4 is 10.5 Å². The highest BCUT2D eigenvalue weighted by Crippen LogP contribution is 2.24. The molecule has 4 heteroatoms. The second-order valence-corrected chi connectivity index (χ2v) is 6.08. The number of thiophene rings is 1. The Morgan fingerprint density at radius 2 is 2.17 bits per heavy atom. The Bertz CT molecular complexity index is 524. The van der Waals surface area contributed by atoms with Gasteiger partial charge in [-0.05, 0) is 53.5 Å². The van der Waals surface area contributed by atoms with Gasteiger partial charge in [-0.25, -0.2) is 0 Å². The molecule has 1 aromatic heterocycles. The van der Waals surface area contributed by atoms with Crippen LogP contribution in [0, 0.1) is 6.92 Å². The van der Waals surface area contributed by atoms with Gasteiger partial charge in [-0.2, -0.15) is 0 Å². The molecule has 0 amide bonds. The lowest BCUT2D eigenvalue weighted by molar-refractivity contribution is 0.306. The molecule has 0 unspecified atom stereocenters. The number of hydrogen-bond donors (Lipinski definition) is 1. The van der Waals surface area contributed by atoms with Crippen LogP contribution in [0.3, 0.4) is 0 Å². The van der Waals surface area contributed by atoms with Crippen molar-refractivity contribution in [3.05, 3.63) is 50.1 Å². The Morgan fingerprint density at radius 1 is 1.33 bits per heavy atom. The first-order valence-electron chi connectivity index (χ1n) is 5.84. The summed E-state index contributed by atoms with van der Waals surface area (Å²) in [5.41, 5.74) is 8.06. The van der Waals surface area contributed by atoms with E-state index in [-0.39, 0.29) is 0 Å². The number of nitrogens with two attached hydrogens (primary N) is 1. The summed E-state index contributed by atoms with van der Waals surface area (Å²) in [6.07, 6.45) is 0.852. The summed E-state index contributed by atoms with van der Waals surface area (Å²) < 4.78 is 6.99. The van der Waals surface area contributed by atoms with Gasteiger partial charge in [0.25, 0.3) is 0 Å². The number of ether oxygens (including phenoxy) is 1. The molecule has 0 bridgehead atoms. The van der Waals surface area contributed by atoms with Gasteiger partial charge in [0.15, 0.2) is 0 Å². The topological polar surface area (TPSA) is 35.2 Å². The number of hydrogen-bond acceptors (Lipinski definition) is 3. The third-order valence-corrected chi connectivity index (χ3v) is 4.29. The highest BCUT2D eigenvalue weighted by atomic mass is 79.9. The van der Waals surface area contributed by atoms with Crippen molar-refractivity contribution < 1.29 is 4.74 Å². The predicted octanol–water partition coefficient (Wildman–Crippen LogP) is 3.90.